The van der Waals surface area contributed by atoms with Gasteiger partial charge in [-0.05, 0) is 18.4 Å². The highest BCUT2D eigenvalue weighted by molar-refractivity contribution is 7.89. The third-order valence-electron chi connectivity index (χ3n) is 2.32. The third kappa shape index (κ3) is 6.10. The minimum atomic E-state index is -3.18. The number of benzene rings is 1. The molecule has 1 aromatic rings. The molecule has 0 amide bonds. The van der Waals surface area contributed by atoms with Crippen LogP contribution in [0.3, 0.4) is 0 Å². The number of hydrogen-bond acceptors (Lipinski definition) is 2. The Morgan fingerprint density at radius 3 is 2.59 bits per heavy atom. The number of terminal acetylenes is 1. The Morgan fingerprint density at radius 1 is 1.24 bits per heavy atom. The van der Waals surface area contributed by atoms with Crippen LogP contribution in [0.4, 0.5) is 0 Å². The van der Waals surface area contributed by atoms with Crippen LogP contribution in [-0.2, 0) is 16.4 Å². The molecule has 1 N–H and O–H groups in total. The molecular weight excluding hydrogens is 234 g/mol. The van der Waals surface area contributed by atoms with Crippen molar-refractivity contribution >= 4 is 10.0 Å². The van der Waals surface area contributed by atoms with E-state index in [1.54, 1.807) is 0 Å². The van der Waals surface area contributed by atoms with E-state index in [0.29, 0.717) is 25.8 Å². The van der Waals surface area contributed by atoms with Crippen LogP contribution < -0.4 is 4.72 Å². The topological polar surface area (TPSA) is 46.2 Å². The number of rotatable bonds is 7. The first-order valence-corrected chi connectivity index (χ1v) is 7.24. The molecule has 17 heavy (non-hydrogen) atoms. The predicted octanol–water partition coefficient (Wildman–Crippen LogP) is 1.56. The molecule has 1 aromatic carbocycles. The number of hydrogen-bond donors (Lipinski definition) is 1. The third-order valence-corrected chi connectivity index (χ3v) is 3.71. The fraction of sp³-hybridized carbons (Fsp3) is 0.385. The standard InChI is InChI=1S/C13H17NO2S/c1-2-3-7-11-14-17(15,16)12-10-13-8-5-4-6-9-13/h1,4-6,8-9,14H,3,7,10-12H2. The van der Waals surface area contributed by atoms with E-state index in [9.17, 15) is 8.42 Å². The van der Waals surface area contributed by atoms with Gasteiger partial charge >= 0.3 is 0 Å². The average molecular weight is 251 g/mol. The zero-order valence-electron chi connectivity index (χ0n) is 9.72. The summed E-state index contributed by atoms with van der Waals surface area (Å²) in [7, 11) is -3.18. The molecular formula is C13H17NO2S. The van der Waals surface area contributed by atoms with Crippen molar-refractivity contribution in [2.24, 2.45) is 0 Å². The first-order valence-electron chi connectivity index (χ1n) is 5.59. The molecule has 0 atom stereocenters. The summed E-state index contributed by atoms with van der Waals surface area (Å²) >= 11 is 0. The van der Waals surface area contributed by atoms with Gasteiger partial charge in [-0.2, -0.15) is 0 Å². The Morgan fingerprint density at radius 2 is 1.94 bits per heavy atom. The van der Waals surface area contributed by atoms with E-state index >= 15 is 0 Å². The van der Waals surface area contributed by atoms with Crippen LogP contribution in [0.5, 0.6) is 0 Å². The van der Waals surface area contributed by atoms with E-state index in [-0.39, 0.29) is 5.75 Å². The van der Waals surface area contributed by atoms with Crippen LogP contribution in [0.2, 0.25) is 0 Å². The van der Waals surface area contributed by atoms with E-state index in [2.05, 4.69) is 10.6 Å². The van der Waals surface area contributed by atoms with Crippen molar-refractivity contribution in [2.45, 2.75) is 19.3 Å². The predicted molar refractivity (Wildman–Crippen MR) is 70.0 cm³/mol. The van der Waals surface area contributed by atoms with Crippen molar-refractivity contribution < 1.29 is 8.42 Å². The van der Waals surface area contributed by atoms with Gasteiger partial charge in [0.15, 0.2) is 0 Å². The molecule has 0 unspecified atom stereocenters. The van der Waals surface area contributed by atoms with E-state index in [0.717, 1.165) is 5.56 Å². The van der Waals surface area contributed by atoms with Crippen molar-refractivity contribution in [1.29, 1.82) is 0 Å². The molecule has 0 saturated heterocycles. The molecule has 0 saturated carbocycles. The Bertz CT molecular complexity index is 460. The molecule has 1 rings (SSSR count). The quantitative estimate of drug-likeness (QED) is 0.590. The van der Waals surface area contributed by atoms with Crippen LogP contribution in [0.25, 0.3) is 0 Å². The van der Waals surface area contributed by atoms with Gasteiger partial charge in [-0.3, -0.25) is 0 Å². The van der Waals surface area contributed by atoms with Gasteiger partial charge in [0.2, 0.25) is 10.0 Å². The summed E-state index contributed by atoms with van der Waals surface area (Å²) in [5, 5.41) is 0. The highest BCUT2D eigenvalue weighted by Gasteiger charge is 2.08. The second-order valence-electron chi connectivity index (χ2n) is 3.76. The van der Waals surface area contributed by atoms with Crippen molar-refractivity contribution in [3.05, 3.63) is 35.9 Å². The molecule has 3 nitrogen and oxygen atoms in total. The van der Waals surface area contributed by atoms with E-state index < -0.39 is 10.0 Å². The molecule has 0 aromatic heterocycles. The average Bonchev–Trinajstić information content (AvgIpc) is 2.34. The van der Waals surface area contributed by atoms with Gasteiger partial charge in [-0.25, -0.2) is 13.1 Å². The van der Waals surface area contributed by atoms with E-state index in [1.165, 1.54) is 0 Å². The first-order chi connectivity index (χ1) is 8.14. The van der Waals surface area contributed by atoms with Gasteiger partial charge in [-0.15, -0.1) is 12.3 Å². The van der Waals surface area contributed by atoms with E-state index in [1.807, 2.05) is 30.3 Å². The van der Waals surface area contributed by atoms with Crippen molar-refractivity contribution in [2.75, 3.05) is 12.3 Å². The SMILES string of the molecule is C#CCCCNS(=O)(=O)CCc1ccccc1. The van der Waals surface area contributed by atoms with Gasteiger partial charge < -0.3 is 0 Å². The first kappa shape index (κ1) is 13.8. The zero-order valence-corrected chi connectivity index (χ0v) is 10.5. The molecule has 0 aliphatic heterocycles. The lowest BCUT2D eigenvalue weighted by Crippen LogP contribution is -2.28. The number of nitrogens with one attached hydrogen (secondary N) is 1. The normalized spacial score (nSPS) is 11.0. The van der Waals surface area contributed by atoms with Crippen LogP contribution in [0, 0.1) is 12.3 Å². The highest BCUT2D eigenvalue weighted by Crippen LogP contribution is 2.01. The number of aryl methyl sites for hydroxylation is 1. The minimum Gasteiger partial charge on any atom is -0.215 e. The summed E-state index contributed by atoms with van der Waals surface area (Å²) in [5.41, 5.74) is 1.03. The smallest absolute Gasteiger partial charge is 0.211 e. The summed E-state index contributed by atoms with van der Waals surface area (Å²) in [6, 6.07) is 9.57. The summed E-state index contributed by atoms with van der Waals surface area (Å²) < 4.78 is 25.7. The lowest BCUT2D eigenvalue weighted by atomic mass is 10.2. The highest BCUT2D eigenvalue weighted by atomic mass is 32.2. The molecule has 0 aliphatic rings. The summed E-state index contributed by atoms with van der Waals surface area (Å²) in [6.45, 7) is 0.418. The molecule has 0 bridgehead atoms. The van der Waals surface area contributed by atoms with Crippen molar-refractivity contribution in [3.63, 3.8) is 0 Å². The van der Waals surface area contributed by atoms with Gasteiger partial charge in [0, 0.05) is 13.0 Å². The minimum absolute atomic E-state index is 0.118. The molecule has 0 fully saturated rings. The lowest BCUT2D eigenvalue weighted by Gasteiger charge is -2.05. The van der Waals surface area contributed by atoms with Crippen molar-refractivity contribution in [1.82, 2.24) is 4.72 Å². The Hall–Kier alpha value is -1.31. The maximum absolute atomic E-state index is 11.6. The van der Waals surface area contributed by atoms with Crippen LogP contribution >= 0.6 is 0 Å². The number of unbranched alkanes of at least 4 members (excludes halogenated alkanes) is 1. The monoisotopic (exact) mass is 251 g/mol. The maximum atomic E-state index is 11.6. The summed E-state index contributed by atoms with van der Waals surface area (Å²) in [6.07, 6.45) is 6.90. The van der Waals surface area contributed by atoms with Gasteiger partial charge in [0.25, 0.3) is 0 Å². The van der Waals surface area contributed by atoms with Gasteiger partial charge in [-0.1, -0.05) is 30.3 Å². The summed E-state index contributed by atoms with van der Waals surface area (Å²) in [4.78, 5) is 0. The molecule has 0 radical (unpaired) electrons. The fourth-order valence-electron chi connectivity index (χ4n) is 1.39. The summed E-state index contributed by atoms with van der Waals surface area (Å²) in [5.74, 6) is 2.60. The lowest BCUT2D eigenvalue weighted by molar-refractivity contribution is 0.579. The molecule has 0 aliphatic carbocycles. The molecule has 0 heterocycles. The Kier molecular flexibility index (Phi) is 5.75. The van der Waals surface area contributed by atoms with Crippen LogP contribution in [0.1, 0.15) is 18.4 Å². The molecule has 92 valence electrons. The van der Waals surface area contributed by atoms with Crippen LogP contribution in [0.15, 0.2) is 30.3 Å². The largest absolute Gasteiger partial charge is 0.215 e. The Labute approximate surface area is 103 Å². The second kappa shape index (κ2) is 7.10. The molecule has 4 heteroatoms. The van der Waals surface area contributed by atoms with E-state index in [4.69, 9.17) is 6.42 Å². The second-order valence-corrected chi connectivity index (χ2v) is 5.68. The van der Waals surface area contributed by atoms with Gasteiger partial charge in [0.1, 0.15) is 0 Å². The van der Waals surface area contributed by atoms with Gasteiger partial charge in [0.05, 0.1) is 5.75 Å². The Balaban J connectivity index is 2.33. The fourth-order valence-corrected chi connectivity index (χ4v) is 2.49. The van der Waals surface area contributed by atoms with Crippen molar-refractivity contribution in [3.8, 4) is 12.3 Å². The maximum Gasteiger partial charge on any atom is 0.211 e. The number of sulfonamides is 1. The molecule has 0 spiro atoms. The van der Waals surface area contributed by atoms with Crippen LogP contribution in [-0.4, -0.2) is 20.7 Å². The zero-order chi connectivity index (χ0) is 12.6.